The standard InChI is InChI=1S/C19H14F3NO5/c1-10(19(25)23-13-5-4-12(20)17(21)18(13)22)28-16(24)7-3-11-2-6-14-15(8-11)27-9-26-14/h2-8,10H,9H2,1H3,(H,23,25)/b7-3+/t10-/m0/s1. The third kappa shape index (κ3) is 4.25. The van der Waals surface area contributed by atoms with E-state index in [1.807, 2.05) is 5.32 Å². The summed E-state index contributed by atoms with van der Waals surface area (Å²) in [7, 11) is 0. The maximum Gasteiger partial charge on any atom is 0.331 e. The Bertz CT molecular complexity index is 961. The number of hydrogen-bond acceptors (Lipinski definition) is 5. The van der Waals surface area contributed by atoms with E-state index >= 15 is 0 Å². The molecule has 0 bridgehead atoms. The van der Waals surface area contributed by atoms with Crippen LogP contribution in [0.5, 0.6) is 11.5 Å². The first-order valence-corrected chi connectivity index (χ1v) is 8.08. The number of benzene rings is 2. The summed E-state index contributed by atoms with van der Waals surface area (Å²) in [6.07, 6.45) is 1.24. The molecule has 1 aliphatic rings. The summed E-state index contributed by atoms with van der Waals surface area (Å²) < 4.78 is 55.0. The molecule has 9 heteroatoms. The predicted octanol–water partition coefficient (Wildman–Crippen LogP) is 3.42. The van der Waals surface area contributed by atoms with Gasteiger partial charge in [0, 0.05) is 6.08 Å². The lowest BCUT2D eigenvalue weighted by Gasteiger charge is -2.13. The van der Waals surface area contributed by atoms with E-state index in [1.54, 1.807) is 18.2 Å². The molecule has 0 spiro atoms. The van der Waals surface area contributed by atoms with Crippen LogP contribution in [0.3, 0.4) is 0 Å². The van der Waals surface area contributed by atoms with Crippen LogP contribution in [0, 0.1) is 17.5 Å². The highest BCUT2D eigenvalue weighted by Crippen LogP contribution is 2.32. The molecule has 0 aliphatic carbocycles. The van der Waals surface area contributed by atoms with Crippen molar-refractivity contribution in [2.75, 3.05) is 12.1 Å². The van der Waals surface area contributed by atoms with Crippen molar-refractivity contribution in [3.05, 3.63) is 59.4 Å². The fraction of sp³-hybridized carbons (Fsp3) is 0.158. The number of nitrogens with one attached hydrogen (secondary N) is 1. The quantitative estimate of drug-likeness (QED) is 0.479. The van der Waals surface area contributed by atoms with E-state index in [4.69, 9.17) is 14.2 Å². The summed E-state index contributed by atoms with van der Waals surface area (Å²) in [5.41, 5.74) is 0.0739. The molecule has 1 aliphatic heterocycles. The number of hydrogen-bond donors (Lipinski definition) is 1. The summed E-state index contributed by atoms with van der Waals surface area (Å²) in [5.74, 6) is -5.25. The van der Waals surface area contributed by atoms with Crippen LogP contribution >= 0.6 is 0 Å². The van der Waals surface area contributed by atoms with Gasteiger partial charge < -0.3 is 19.5 Å². The number of halogens is 3. The van der Waals surface area contributed by atoms with Gasteiger partial charge in [-0.05, 0) is 42.8 Å². The minimum absolute atomic E-state index is 0.121. The Morgan fingerprint density at radius 2 is 1.86 bits per heavy atom. The van der Waals surface area contributed by atoms with Gasteiger partial charge in [-0.2, -0.15) is 0 Å². The van der Waals surface area contributed by atoms with Gasteiger partial charge in [0.15, 0.2) is 35.1 Å². The normalized spacial score (nSPS) is 13.4. The van der Waals surface area contributed by atoms with Gasteiger partial charge in [0.25, 0.3) is 5.91 Å². The van der Waals surface area contributed by atoms with Crippen LogP contribution < -0.4 is 14.8 Å². The van der Waals surface area contributed by atoms with Crippen molar-refractivity contribution in [2.24, 2.45) is 0 Å². The molecule has 0 fully saturated rings. The first kappa shape index (κ1) is 19.3. The molecule has 146 valence electrons. The van der Waals surface area contributed by atoms with E-state index in [-0.39, 0.29) is 6.79 Å². The number of carbonyl (C=O) groups excluding carboxylic acids is 2. The zero-order valence-corrected chi connectivity index (χ0v) is 14.5. The number of esters is 1. The van der Waals surface area contributed by atoms with Crippen molar-refractivity contribution >= 4 is 23.6 Å². The maximum atomic E-state index is 13.6. The fourth-order valence-corrected chi connectivity index (χ4v) is 2.30. The van der Waals surface area contributed by atoms with Gasteiger partial charge >= 0.3 is 5.97 Å². The van der Waals surface area contributed by atoms with E-state index in [9.17, 15) is 22.8 Å². The number of fused-ring (bicyclic) bond motifs is 1. The molecule has 2 aromatic carbocycles. The lowest BCUT2D eigenvalue weighted by molar-refractivity contribution is -0.148. The molecule has 2 aromatic rings. The third-order valence-electron chi connectivity index (χ3n) is 3.76. The summed E-state index contributed by atoms with van der Waals surface area (Å²) in [5, 5.41) is 2.03. The Balaban J connectivity index is 1.57. The van der Waals surface area contributed by atoms with E-state index in [0.717, 1.165) is 12.1 Å². The molecule has 28 heavy (non-hydrogen) atoms. The van der Waals surface area contributed by atoms with Gasteiger partial charge in [0.2, 0.25) is 6.79 Å². The molecule has 1 heterocycles. The molecule has 0 aromatic heterocycles. The van der Waals surface area contributed by atoms with Crippen molar-refractivity contribution in [3.63, 3.8) is 0 Å². The summed E-state index contributed by atoms with van der Waals surface area (Å²) in [6, 6.07) is 6.56. The molecular weight excluding hydrogens is 379 g/mol. The summed E-state index contributed by atoms with van der Waals surface area (Å²) in [4.78, 5) is 23.8. The minimum atomic E-state index is -1.71. The van der Waals surface area contributed by atoms with Gasteiger partial charge in [0.05, 0.1) is 5.69 Å². The van der Waals surface area contributed by atoms with E-state index in [1.165, 1.54) is 13.0 Å². The van der Waals surface area contributed by atoms with Crippen molar-refractivity contribution < 1.29 is 37.0 Å². The zero-order chi connectivity index (χ0) is 20.3. The predicted molar refractivity (Wildman–Crippen MR) is 92.1 cm³/mol. The smallest absolute Gasteiger partial charge is 0.331 e. The first-order chi connectivity index (χ1) is 13.3. The van der Waals surface area contributed by atoms with E-state index in [0.29, 0.717) is 23.1 Å². The molecule has 1 N–H and O–H groups in total. The Morgan fingerprint density at radius 3 is 2.64 bits per heavy atom. The van der Waals surface area contributed by atoms with Crippen molar-refractivity contribution in [3.8, 4) is 11.5 Å². The average Bonchev–Trinajstić information content (AvgIpc) is 3.14. The lowest BCUT2D eigenvalue weighted by atomic mass is 10.2. The largest absolute Gasteiger partial charge is 0.454 e. The summed E-state index contributed by atoms with van der Waals surface area (Å²) in [6.45, 7) is 1.37. The second-order valence-electron chi connectivity index (χ2n) is 5.74. The van der Waals surface area contributed by atoms with Gasteiger partial charge in [-0.3, -0.25) is 4.79 Å². The van der Waals surface area contributed by atoms with E-state index < -0.39 is 41.1 Å². The number of anilines is 1. The Morgan fingerprint density at radius 1 is 1.11 bits per heavy atom. The molecule has 0 saturated heterocycles. The van der Waals surface area contributed by atoms with Crippen LogP contribution in [0.15, 0.2) is 36.4 Å². The number of amides is 1. The topological polar surface area (TPSA) is 73.9 Å². The van der Waals surface area contributed by atoms with Crippen LogP contribution in [0.1, 0.15) is 12.5 Å². The van der Waals surface area contributed by atoms with Crippen molar-refractivity contribution in [1.29, 1.82) is 0 Å². The SMILES string of the molecule is C[C@H](OC(=O)/C=C/c1ccc2c(c1)OCO2)C(=O)Nc1ccc(F)c(F)c1F. The molecule has 3 rings (SSSR count). The molecular formula is C19H14F3NO5. The molecule has 0 saturated carbocycles. The molecule has 6 nitrogen and oxygen atoms in total. The molecule has 0 unspecified atom stereocenters. The van der Waals surface area contributed by atoms with Crippen LogP contribution in [0.2, 0.25) is 0 Å². The zero-order valence-electron chi connectivity index (χ0n) is 14.5. The Kier molecular flexibility index (Phi) is 5.53. The average molecular weight is 393 g/mol. The molecule has 0 radical (unpaired) electrons. The second-order valence-corrected chi connectivity index (χ2v) is 5.74. The van der Waals surface area contributed by atoms with Gasteiger partial charge in [-0.1, -0.05) is 6.07 Å². The van der Waals surface area contributed by atoms with Crippen LogP contribution in [-0.4, -0.2) is 24.8 Å². The van der Waals surface area contributed by atoms with Crippen LogP contribution in [0.25, 0.3) is 6.08 Å². The first-order valence-electron chi connectivity index (χ1n) is 8.08. The van der Waals surface area contributed by atoms with Crippen LogP contribution in [0.4, 0.5) is 18.9 Å². The minimum Gasteiger partial charge on any atom is -0.454 e. The van der Waals surface area contributed by atoms with Crippen molar-refractivity contribution in [2.45, 2.75) is 13.0 Å². The van der Waals surface area contributed by atoms with Crippen molar-refractivity contribution in [1.82, 2.24) is 0 Å². The number of ether oxygens (including phenoxy) is 3. The van der Waals surface area contributed by atoms with Gasteiger partial charge in [-0.25, -0.2) is 18.0 Å². The summed E-state index contributed by atoms with van der Waals surface area (Å²) >= 11 is 0. The molecule has 1 amide bonds. The third-order valence-corrected chi connectivity index (χ3v) is 3.76. The fourth-order valence-electron chi connectivity index (χ4n) is 2.30. The van der Waals surface area contributed by atoms with Gasteiger partial charge in [-0.15, -0.1) is 0 Å². The van der Waals surface area contributed by atoms with E-state index in [2.05, 4.69) is 0 Å². The Labute approximate surface area is 157 Å². The number of rotatable bonds is 5. The van der Waals surface area contributed by atoms with Crippen LogP contribution in [-0.2, 0) is 14.3 Å². The molecule has 1 atom stereocenters. The monoisotopic (exact) mass is 393 g/mol. The highest BCUT2D eigenvalue weighted by molar-refractivity contribution is 5.96. The number of carbonyl (C=O) groups is 2. The Hall–Kier alpha value is -3.49. The van der Waals surface area contributed by atoms with Gasteiger partial charge in [0.1, 0.15) is 0 Å². The lowest BCUT2D eigenvalue weighted by Crippen LogP contribution is -2.29. The highest BCUT2D eigenvalue weighted by atomic mass is 19.2. The second kappa shape index (κ2) is 8.03. The highest BCUT2D eigenvalue weighted by Gasteiger charge is 2.20. The maximum absolute atomic E-state index is 13.6.